The first-order chi connectivity index (χ1) is 13.7. The van der Waals surface area contributed by atoms with Crippen LogP contribution >= 0.6 is 0 Å². The number of carbonyl (C=O) groups is 1. The highest BCUT2D eigenvalue weighted by Crippen LogP contribution is 2.29. The van der Waals surface area contributed by atoms with Gasteiger partial charge in [-0.2, -0.15) is 0 Å². The van der Waals surface area contributed by atoms with E-state index < -0.39 is 0 Å². The Kier molecular flexibility index (Phi) is 5.37. The minimum absolute atomic E-state index is 0.0131. The third-order valence-electron chi connectivity index (χ3n) is 5.25. The Hall–Kier alpha value is -3.15. The third-order valence-corrected chi connectivity index (χ3v) is 5.25. The fourth-order valence-corrected chi connectivity index (χ4v) is 3.82. The lowest BCUT2D eigenvalue weighted by molar-refractivity contribution is 0.207. The van der Waals surface area contributed by atoms with Crippen molar-refractivity contribution < 1.29 is 4.79 Å². The molecule has 2 amide bonds. The number of amides is 2. The van der Waals surface area contributed by atoms with Crippen LogP contribution < -0.4 is 5.32 Å². The average Bonchev–Trinajstić information content (AvgIpc) is 3.36. The van der Waals surface area contributed by atoms with E-state index in [1.54, 1.807) is 6.20 Å². The summed E-state index contributed by atoms with van der Waals surface area (Å²) in [5.74, 6) is 0.918. The Balaban J connectivity index is 1.38. The summed E-state index contributed by atoms with van der Waals surface area (Å²) in [4.78, 5) is 23.3. The van der Waals surface area contributed by atoms with E-state index in [1.807, 2.05) is 47.6 Å². The summed E-state index contributed by atoms with van der Waals surface area (Å²) in [5, 5.41) is 3.05. The highest BCUT2D eigenvalue weighted by Gasteiger charge is 2.29. The molecule has 28 heavy (non-hydrogen) atoms. The van der Waals surface area contributed by atoms with Crippen LogP contribution in [-0.4, -0.2) is 45.1 Å². The number of carbonyl (C=O) groups excluding carboxylic acids is 1. The zero-order valence-corrected chi connectivity index (χ0v) is 16.1. The highest BCUT2D eigenvalue weighted by molar-refractivity contribution is 5.74. The maximum absolute atomic E-state index is 12.6. The molecule has 1 N–H and O–H groups in total. The van der Waals surface area contributed by atoms with E-state index in [1.165, 1.54) is 5.56 Å². The molecular weight excluding hydrogens is 350 g/mol. The van der Waals surface area contributed by atoms with Gasteiger partial charge in [0.2, 0.25) is 0 Å². The van der Waals surface area contributed by atoms with Gasteiger partial charge >= 0.3 is 6.03 Å². The number of imidazole rings is 1. The average molecular weight is 375 g/mol. The second kappa shape index (κ2) is 8.25. The smallest absolute Gasteiger partial charge is 0.317 e. The third kappa shape index (κ3) is 3.91. The molecule has 3 heterocycles. The van der Waals surface area contributed by atoms with Crippen molar-refractivity contribution in [1.29, 1.82) is 0 Å². The van der Waals surface area contributed by atoms with Gasteiger partial charge in [-0.3, -0.25) is 4.98 Å². The molecule has 0 spiro atoms. The summed E-state index contributed by atoms with van der Waals surface area (Å²) in [7, 11) is 0. The summed E-state index contributed by atoms with van der Waals surface area (Å²) in [5.41, 5.74) is 3.34. The standard InChI is InChI=1S/C22H25N5O/c1-17-14-25-21(19-8-5-11-23-15-19)27(17)20-10-13-26(16-20)22(28)24-12-9-18-6-3-2-4-7-18/h2-8,11,14-15,20H,9-10,12-13,16H2,1H3,(H,24,28). The largest absolute Gasteiger partial charge is 0.338 e. The van der Waals surface area contributed by atoms with Gasteiger partial charge in [-0.05, 0) is 37.5 Å². The van der Waals surface area contributed by atoms with Crippen molar-refractivity contribution in [3.8, 4) is 11.4 Å². The van der Waals surface area contributed by atoms with E-state index in [4.69, 9.17) is 0 Å². The van der Waals surface area contributed by atoms with Crippen LogP contribution in [0.25, 0.3) is 11.4 Å². The van der Waals surface area contributed by atoms with Crippen molar-refractivity contribution in [2.45, 2.75) is 25.8 Å². The number of nitrogens with one attached hydrogen (secondary N) is 1. The molecule has 1 aromatic carbocycles. The quantitative estimate of drug-likeness (QED) is 0.743. The number of aryl methyl sites for hydroxylation is 1. The van der Waals surface area contributed by atoms with Crippen LogP contribution in [-0.2, 0) is 6.42 Å². The number of likely N-dealkylation sites (tertiary alicyclic amines) is 1. The second-order valence-electron chi connectivity index (χ2n) is 7.19. The van der Waals surface area contributed by atoms with Crippen molar-refractivity contribution >= 4 is 6.03 Å². The summed E-state index contributed by atoms with van der Waals surface area (Å²) in [6.45, 7) is 4.16. The number of benzene rings is 1. The van der Waals surface area contributed by atoms with Gasteiger partial charge in [-0.25, -0.2) is 9.78 Å². The van der Waals surface area contributed by atoms with Crippen molar-refractivity contribution in [2.75, 3.05) is 19.6 Å². The van der Waals surface area contributed by atoms with Crippen LogP contribution in [0.4, 0.5) is 4.79 Å². The molecule has 1 aliphatic rings. The highest BCUT2D eigenvalue weighted by atomic mass is 16.2. The molecule has 1 atom stereocenters. The van der Waals surface area contributed by atoms with Crippen LogP contribution in [0.5, 0.6) is 0 Å². The summed E-state index contributed by atoms with van der Waals surface area (Å²) >= 11 is 0. The van der Waals surface area contributed by atoms with Gasteiger partial charge in [0.25, 0.3) is 0 Å². The maximum atomic E-state index is 12.6. The van der Waals surface area contributed by atoms with Gasteiger partial charge in [0, 0.05) is 49.5 Å². The molecule has 3 aromatic rings. The molecule has 0 bridgehead atoms. The SMILES string of the molecule is Cc1cnc(-c2cccnc2)n1C1CCN(C(=O)NCCc2ccccc2)C1. The van der Waals surface area contributed by atoms with Crippen LogP contribution in [0.3, 0.4) is 0 Å². The number of pyridine rings is 1. The predicted octanol–water partition coefficient (Wildman–Crippen LogP) is 3.45. The second-order valence-corrected chi connectivity index (χ2v) is 7.19. The summed E-state index contributed by atoms with van der Waals surface area (Å²) < 4.78 is 2.24. The van der Waals surface area contributed by atoms with Gasteiger partial charge < -0.3 is 14.8 Å². The number of urea groups is 1. The van der Waals surface area contributed by atoms with E-state index in [0.29, 0.717) is 13.1 Å². The van der Waals surface area contributed by atoms with Gasteiger partial charge in [-0.15, -0.1) is 0 Å². The van der Waals surface area contributed by atoms with Gasteiger partial charge in [0.15, 0.2) is 0 Å². The Bertz CT molecular complexity index is 923. The van der Waals surface area contributed by atoms with Crippen molar-refractivity contribution in [3.05, 3.63) is 72.3 Å². The lowest BCUT2D eigenvalue weighted by atomic mass is 10.1. The molecule has 1 aliphatic heterocycles. The molecule has 0 radical (unpaired) electrons. The molecule has 1 unspecified atom stereocenters. The topological polar surface area (TPSA) is 63.1 Å². The van der Waals surface area contributed by atoms with E-state index in [9.17, 15) is 4.79 Å². The first kappa shape index (κ1) is 18.2. The van der Waals surface area contributed by atoms with Gasteiger partial charge in [0.05, 0.1) is 6.04 Å². The molecule has 1 saturated heterocycles. The number of hydrogen-bond donors (Lipinski definition) is 1. The normalized spacial score (nSPS) is 16.3. The van der Waals surface area contributed by atoms with E-state index in [-0.39, 0.29) is 12.1 Å². The molecule has 6 nitrogen and oxygen atoms in total. The number of hydrogen-bond acceptors (Lipinski definition) is 3. The predicted molar refractivity (Wildman–Crippen MR) is 109 cm³/mol. The first-order valence-corrected chi connectivity index (χ1v) is 9.73. The molecule has 1 fully saturated rings. The summed E-state index contributed by atoms with van der Waals surface area (Å²) in [6, 6.07) is 14.4. The lowest BCUT2D eigenvalue weighted by Gasteiger charge is -2.20. The molecular formula is C22H25N5O. The Labute approximate surface area is 165 Å². The van der Waals surface area contributed by atoms with Crippen LogP contribution in [0, 0.1) is 6.92 Å². The number of rotatable bonds is 5. The van der Waals surface area contributed by atoms with Crippen molar-refractivity contribution in [2.24, 2.45) is 0 Å². The van der Waals surface area contributed by atoms with Crippen molar-refractivity contribution in [3.63, 3.8) is 0 Å². The monoisotopic (exact) mass is 375 g/mol. The van der Waals surface area contributed by atoms with Gasteiger partial charge in [0.1, 0.15) is 5.82 Å². The summed E-state index contributed by atoms with van der Waals surface area (Å²) in [6.07, 6.45) is 7.26. The number of nitrogens with zero attached hydrogens (tertiary/aromatic N) is 4. The Morgan fingerprint density at radius 1 is 1.18 bits per heavy atom. The Morgan fingerprint density at radius 3 is 2.82 bits per heavy atom. The molecule has 144 valence electrons. The van der Waals surface area contributed by atoms with Crippen LogP contribution in [0.2, 0.25) is 0 Å². The maximum Gasteiger partial charge on any atom is 0.317 e. The minimum atomic E-state index is 0.0131. The van der Waals surface area contributed by atoms with Crippen molar-refractivity contribution in [1.82, 2.24) is 24.8 Å². The zero-order chi connectivity index (χ0) is 19.3. The van der Waals surface area contributed by atoms with Crippen LogP contribution in [0.15, 0.2) is 61.1 Å². The lowest BCUT2D eigenvalue weighted by Crippen LogP contribution is -2.39. The van der Waals surface area contributed by atoms with E-state index >= 15 is 0 Å². The van der Waals surface area contributed by atoms with Crippen LogP contribution in [0.1, 0.15) is 23.7 Å². The molecule has 2 aromatic heterocycles. The zero-order valence-electron chi connectivity index (χ0n) is 16.1. The van der Waals surface area contributed by atoms with Gasteiger partial charge in [-0.1, -0.05) is 30.3 Å². The van der Waals surface area contributed by atoms with E-state index in [0.717, 1.165) is 36.5 Å². The molecule has 6 heteroatoms. The molecule has 0 aliphatic carbocycles. The first-order valence-electron chi connectivity index (χ1n) is 9.73. The fraction of sp³-hybridized carbons (Fsp3) is 0.318. The Morgan fingerprint density at radius 2 is 2.04 bits per heavy atom. The number of aromatic nitrogens is 3. The van der Waals surface area contributed by atoms with E-state index in [2.05, 4.69) is 38.9 Å². The molecule has 4 rings (SSSR count). The molecule has 0 saturated carbocycles. The minimum Gasteiger partial charge on any atom is -0.338 e. The fourth-order valence-electron chi connectivity index (χ4n) is 3.82.